The first kappa shape index (κ1) is 24.4. The zero-order chi connectivity index (χ0) is 17.9. The molecule has 6 nitrogen and oxygen atoms in total. The number of nitrogens with one attached hydrogen (secondary N) is 1. The molecular formula is C18H38IN5O. The molecule has 0 aromatic rings. The Hall–Kier alpha value is -0.570. The number of carbonyl (C=O) groups excluding carboxylic acids is 1. The predicted octanol–water partition coefficient (Wildman–Crippen LogP) is 2.24. The molecule has 0 aliphatic heterocycles. The quantitative estimate of drug-likeness (QED) is 0.321. The van der Waals surface area contributed by atoms with Crippen molar-refractivity contribution >= 4 is 35.8 Å². The van der Waals surface area contributed by atoms with Gasteiger partial charge in [-0.25, -0.2) is 0 Å². The van der Waals surface area contributed by atoms with E-state index in [-0.39, 0.29) is 29.9 Å². The number of hydrogen-bond donors (Lipinski definition) is 1. The Morgan fingerprint density at radius 2 is 1.72 bits per heavy atom. The Bertz CT molecular complexity index is 395. The van der Waals surface area contributed by atoms with Crippen LogP contribution in [0.1, 0.15) is 46.5 Å². The van der Waals surface area contributed by atoms with Gasteiger partial charge < -0.3 is 20.0 Å². The minimum Gasteiger partial charge on any atom is -0.357 e. The van der Waals surface area contributed by atoms with Crippen molar-refractivity contribution in [2.75, 3.05) is 53.4 Å². The zero-order valence-electron chi connectivity index (χ0n) is 16.8. The van der Waals surface area contributed by atoms with E-state index in [4.69, 9.17) is 4.99 Å². The van der Waals surface area contributed by atoms with Crippen LogP contribution in [0.4, 0.5) is 0 Å². The van der Waals surface area contributed by atoms with Crippen LogP contribution < -0.4 is 5.32 Å². The summed E-state index contributed by atoms with van der Waals surface area (Å²) in [5.41, 5.74) is 0. The summed E-state index contributed by atoms with van der Waals surface area (Å²) in [6, 6.07) is 0.727. The number of aliphatic imine (C=N–C) groups is 1. The van der Waals surface area contributed by atoms with Gasteiger partial charge in [0.25, 0.3) is 0 Å². The lowest BCUT2D eigenvalue weighted by atomic mass is 10.2. The lowest BCUT2D eigenvalue weighted by Gasteiger charge is -2.26. The molecule has 1 amide bonds. The maximum Gasteiger partial charge on any atom is 0.242 e. The summed E-state index contributed by atoms with van der Waals surface area (Å²) < 4.78 is 0. The largest absolute Gasteiger partial charge is 0.357 e. The molecule has 1 aliphatic carbocycles. The Balaban J connectivity index is 0.00000576. The summed E-state index contributed by atoms with van der Waals surface area (Å²) in [5.74, 6) is 0.967. The first-order valence-electron chi connectivity index (χ1n) is 9.50. The molecule has 0 aromatic carbocycles. The first-order chi connectivity index (χ1) is 11.5. The standard InChI is InChI=1S/C18H37N5O.HI/c1-6-19-18(22(5)15-17(24)23(7-2)8-3)20-13-14-21(4)16-11-9-10-12-16;/h16H,6-15H2,1-5H3,(H,19,20);1H. The number of halogens is 1. The number of likely N-dealkylation sites (N-methyl/N-ethyl adjacent to an activating group) is 3. The number of carbonyl (C=O) groups is 1. The van der Waals surface area contributed by atoms with Crippen LogP contribution in [0.15, 0.2) is 4.99 Å². The van der Waals surface area contributed by atoms with Crippen molar-refractivity contribution in [3.05, 3.63) is 0 Å². The van der Waals surface area contributed by atoms with Gasteiger partial charge in [0, 0.05) is 39.3 Å². The molecular weight excluding hydrogens is 429 g/mol. The molecule has 1 fully saturated rings. The van der Waals surface area contributed by atoms with Crippen molar-refractivity contribution < 1.29 is 4.79 Å². The maximum absolute atomic E-state index is 12.3. The summed E-state index contributed by atoms with van der Waals surface area (Å²) in [7, 11) is 4.13. The van der Waals surface area contributed by atoms with Crippen molar-refractivity contribution in [1.29, 1.82) is 0 Å². The number of nitrogens with zero attached hydrogens (tertiary/aromatic N) is 4. The van der Waals surface area contributed by atoms with E-state index in [1.165, 1.54) is 25.7 Å². The van der Waals surface area contributed by atoms with Crippen molar-refractivity contribution in [2.45, 2.75) is 52.5 Å². The molecule has 1 N–H and O–H groups in total. The second-order valence-corrected chi connectivity index (χ2v) is 6.58. The predicted molar refractivity (Wildman–Crippen MR) is 117 cm³/mol. The molecule has 0 bridgehead atoms. The fraction of sp³-hybridized carbons (Fsp3) is 0.889. The zero-order valence-corrected chi connectivity index (χ0v) is 19.1. The minimum atomic E-state index is 0. The van der Waals surface area contributed by atoms with Gasteiger partial charge in [-0.1, -0.05) is 12.8 Å². The second kappa shape index (κ2) is 13.6. The molecule has 0 heterocycles. The monoisotopic (exact) mass is 467 g/mol. The van der Waals surface area contributed by atoms with Crippen LogP contribution in [0, 0.1) is 0 Å². The summed E-state index contributed by atoms with van der Waals surface area (Å²) in [6.07, 6.45) is 5.35. The third kappa shape index (κ3) is 8.57. The fourth-order valence-corrected chi connectivity index (χ4v) is 3.27. The van der Waals surface area contributed by atoms with Crippen LogP contribution in [0.5, 0.6) is 0 Å². The summed E-state index contributed by atoms with van der Waals surface area (Å²) >= 11 is 0. The Morgan fingerprint density at radius 3 is 2.24 bits per heavy atom. The van der Waals surface area contributed by atoms with E-state index in [9.17, 15) is 4.79 Å². The van der Waals surface area contributed by atoms with Crippen molar-refractivity contribution in [1.82, 2.24) is 20.0 Å². The number of guanidine groups is 1. The van der Waals surface area contributed by atoms with E-state index in [2.05, 4.69) is 24.2 Å². The number of amides is 1. The van der Waals surface area contributed by atoms with Crippen molar-refractivity contribution in [2.24, 2.45) is 4.99 Å². The van der Waals surface area contributed by atoms with Gasteiger partial charge in [0.05, 0.1) is 13.1 Å². The van der Waals surface area contributed by atoms with E-state index in [1.807, 2.05) is 30.7 Å². The molecule has 0 spiro atoms. The van der Waals surface area contributed by atoms with E-state index >= 15 is 0 Å². The third-order valence-electron chi connectivity index (χ3n) is 4.85. The average Bonchev–Trinajstić information content (AvgIpc) is 3.09. The van der Waals surface area contributed by atoms with Gasteiger partial charge in [0.2, 0.25) is 5.91 Å². The van der Waals surface area contributed by atoms with Crippen LogP contribution in [0.2, 0.25) is 0 Å². The van der Waals surface area contributed by atoms with Crippen LogP contribution >= 0.6 is 24.0 Å². The van der Waals surface area contributed by atoms with Crippen LogP contribution in [-0.2, 0) is 4.79 Å². The van der Waals surface area contributed by atoms with Gasteiger partial charge >= 0.3 is 0 Å². The lowest BCUT2D eigenvalue weighted by Crippen LogP contribution is -2.46. The third-order valence-corrected chi connectivity index (χ3v) is 4.85. The van der Waals surface area contributed by atoms with Gasteiger partial charge in [0.15, 0.2) is 5.96 Å². The lowest BCUT2D eigenvalue weighted by molar-refractivity contribution is -0.131. The van der Waals surface area contributed by atoms with Gasteiger partial charge in [-0.2, -0.15) is 0 Å². The number of hydrogen-bond acceptors (Lipinski definition) is 3. The summed E-state index contributed by atoms with van der Waals surface area (Å²) in [6.45, 7) is 10.5. The second-order valence-electron chi connectivity index (χ2n) is 6.58. The highest BCUT2D eigenvalue weighted by Crippen LogP contribution is 2.21. The Labute approximate surface area is 171 Å². The Morgan fingerprint density at radius 1 is 1.12 bits per heavy atom. The van der Waals surface area contributed by atoms with Crippen molar-refractivity contribution in [3.8, 4) is 0 Å². The number of rotatable bonds is 9. The molecule has 0 atom stereocenters. The average molecular weight is 467 g/mol. The van der Waals surface area contributed by atoms with Crippen LogP contribution in [0.3, 0.4) is 0 Å². The first-order valence-corrected chi connectivity index (χ1v) is 9.50. The van der Waals surface area contributed by atoms with Gasteiger partial charge in [0.1, 0.15) is 0 Å². The van der Waals surface area contributed by atoms with Crippen LogP contribution in [-0.4, -0.2) is 86.0 Å². The highest BCUT2D eigenvalue weighted by Gasteiger charge is 2.19. The van der Waals surface area contributed by atoms with E-state index in [0.717, 1.165) is 44.7 Å². The summed E-state index contributed by atoms with van der Waals surface area (Å²) in [4.78, 5) is 23.2. The molecule has 0 unspecified atom stereocenters. The fourth-order valence-electron chi connectivity index (χ4n) is 3.27. The molecule has 1 saturated carbocycles. The Kier molecular flexibility index (Phi) is 13.3. The smallest absolute Gasteiger partial charge is 0.242 e. The van der Waals surface area contributed by atoms with Gasteiger partial charge in [-0.3, -0.25) is 9.79 Å². The minimum absolute atomic E-state index is 0. The molecule has 1 rings (SSSR count). The molecule has 25 heavy (non-hydrogen) atoms. The van der Waals surface area contributed by atoms with Gasteiger partial charge in [-0.15, -0.1) is 24.0 Å². The van der Waals surface area contributed by atoms with E-state index in [0.29, 0.717) is 6.54 Å². The highest BCUT2D eigenvalue weighted by atomic mass is 127. The molecule has 0 aromatic heterocycles. The molecule has 1 aliphatic rings. The SMILES string of the molecule is CCNC(=NCCN(C)C1CCCC1)N(C)CC(=O)N(CC)CC.I. The van der Waals surface area contributed by atoms with E-state index < -0.39 is 0 Å². The topological polar surface area (TPSA) is 51.2 Å². The maximum atomic E-state index is 12.3. The summed E-state index contributed by atoms with van der Waals surface area (Å²) in [5, 5.41) is 3.29. The van der Waals surface area contributed by atoms with Crippen LogP contribution in [0.25, 0.3) is 0 Å². The molecule has 148 valence electrons. The highest BCUT2D eigenvalue weighted by molar-refractivity contribution is 14.0. The molecule has 7 heteroatoms. The molecule has 0 radical (unpaired) electrons. The van der Waals surface area contributed by atoms with Crippen molar-refractivity contribution in [3.63, 3.8) is 0 Å². The van der Waals surface area contributed by atoms with E-state index in [1.54, 1.807) is 0 Å². The molecule has 0 saturated heterocycles. The van der Waals surface area contributed by atoms with Gasteiger partial charge in [-0.05, 0) is 40.7 Å². The normalized spacial score (nSPS) is 15.2.